The highest BCUT2D eigenvalue weighted by Crippen LogP contribution is 2.34. The minimum absolute atomic E-state index is 0. The van der Waals surface area contributed by atoms with Gasteiger partial charge in [0.15, 0.2) is 5.96 Å². The Morgan fingerprint density at radius 3 is 2.36 bits per heavy atom. The van der Waals surface area contributed by atoms with Crippen LogP contribution in [-0.2, 0) is 16.6 Å². The van der Waals surface area contributed by atoms with Crippen molar-refractivity contribution in [3.05, 3.63) is 71.5 Å². The van der Waals surface area contributed by atoms with E-state index < -0.39 is 0 Å². The van der Waals surface area contributed by atoms with Gasteiger partial charge in [-0.1, -0.05) is 42.5 Å². The van der Waals surface area contributed by atoms with Crippen molar-refractivity contribution in [2.24, 2.45) is 4.99 Å². The molecule has 0 saturated carbocycles. The first-order valence-corrected chi connectivity index (χ1v) is 9.54. The molecule has 152 valence electrons. The number of hydrogen-bond donors (Lipinski definition) is 2. The van der Waals surface area contributed by atoms with Crippen molar-refractivity contribution in [1.82, 2.24) is 10.6 Å². The van der Waals surface area contributed by atoms with Crippen LogP contribution in [0.5, 0.6) is 0 Å². The van der Waals surface area contributed by atoms with Crippen molar-refractivity contribution in [1.29, 1.82) is 0 Å². The van der Waals surface area contributed by atoms with Gasteiger partial charge in [0.05, 0.1) is 0 Å². The lowest BCUT2D eigenvalue weighted by Gasteiger charge is -2.38. The molecule has 6 heteroatoms. The molecule has 28 heavy (non-hydrogen) atoms. The minimum Gasteiger partial charge on any atom is -0.381 e. The SMILES string of the molecule is CN=C(NCCc1ccc(F)cc1)NCC1(c2ccccc2)CCOCC1.I. The molecule has 2 N–H and O–H groups in total. The van der Waals surface area contributed by atoms with Crippen molar-refractivity contribution < 1.29 is 9.13 Å². The molecule has 0 aliphatic carbocycles. The van der Waals surface area contributed by atoms with Crippen LogP contribution in [0.2, 0.25) is 0 Å². The van der Waals surface area contributed by atoms with Gasteiger partial charge < -0.3 is 15.4 Å². The van der Waals surface area contributed by atoms with Gasteiger partial charge in [0.2, 0.25) is 0 Å². The van der Waals surface area contributed by atoms with Crippen molar-refractivity contribution >= 4 is 29.9 Å². The van der Waals surface area contributed by atoms with E-state index in [9.17, 15) is 4.39 Å². The zero-order chi connectivity index (χ0) is 19.0. The first-order valence-electron chi connectivity index (χ1n) is 9.54. The van der Waals surface area contributed by atoms with E-state index >= 15 is 0 Å². The number of benzene rings is 2. The van der Waals surface area contributed by atoms with Crippen LogP contribution in [-0.4, -0.2) is 39.3 Å². The number of hydrogen-bond acceptors (Lipinski definition) is 2. The molecule has 4 nitrogen and oxygen atoms in total. The van der Waals surface area contributed by atoms with Gasteiger partial charge in [-0.15, -0.1) is 24.0 Å². The van der Waals surface area contributed by atoms with Crippen LogP contribution in [0.3, 0.4) is 0 Å². The maximum absolute atomic E-state index is 13.0. The molecule has 1 aliphatic heterocycles. The first kappa shape index (κ1) is 22.6. The van der Waals surface area contributed by atoms with Gasteiger partial charge in [-0.3, -0.25) is 4.99 Å². The van der Waals surface area contributed by atoms with Crippen LogP contribution in [0.15, 0.2) is 59.6 Å². The molecule has 0 amide bonds. The average molecular weight is 497 g/mol. The molecule has 0 radical (unpaired) electrons. The molecule has 0 aromatic heterocycles. The zero-order valence-corrected chi connectivity index (χ0v) is 18.6. The molecule has 0 bridgehead atoms. The highest BCUT2D eigenvalue weighted by Gasteiger charge is 2.34. The Labute approximate surface area is 184 Å². The number of rotatable bonds is 6. The molecular formula is C22H29FIN3O. The van der Waals surface area contributed by atoms with Crippen LogP contribution in [0.4, 0.5) is 4.39 Å². The van der Waals surface area contributed by atoms with Gasteiger partial charge in [-0.2, -0.15) is 0 Å². The fourth-order valence-corrected chi connectivity index (χ4v) is 3.57. The Morgan fingerprint density at radius 1 is 1.04 bits per heavy atom. The highest BCUT2D eigenvalue weighted by atomic mass is 127. The zero-order valence-electron chi connectivity index (χ0n) is 16.3. The molecule has 1 heterocycles. The standard InChI is InChI=1S/C22H28FN3O.HI/c1-24-21(25-14-11-18-7-9-20(23)10-8-18)26-17-22(12-15-27-16-13-22)19-5-3-2-4-6-19;/h2-10H,11-17H2,1H3,(H2,24,25,26);1H. The van der Waals surface area contributed by atoms with Crippen molar-refractivity contribution in [3.8, 4) is 0 Å². The van der Waals surface area contributed by atoms with E-state index in [1.807, 2.05) is 12.1 Å². The fourth-order valence-electron chi connectivity index (χ4n) is 3.57. The molecule has 2 aromatic rings. The number of ether oxygens (including phenoxy) is 1. The summed E-state index contributed by atoms with van der Waals surface area (Å²) in [7, 11) is 1.78. The normalized spacial score (nSPS) is 16.1. The summed E-state index contributed by atoms with van der Waals surface area (Å²) >= 11 is 0. The molecule has 1 fully saturated rings. The van der Waals surface area contributed by atoms with Gasteiger partial charge >= 0.3 is 0 Å². The maximum atomic E-state index is 13.0. The molecule has 1 aliphatic rings. The second kappa shape index (κ2) is 11.4. The number of nitrogens with one attached hydrogen (secondary N) is 2. The predicted molar refractivity (Wildman–Crippen MR) is 123 cm³/mol. The van der Waals surface area contributed by atoms with Gasteiger partial charge in [-0.25, -0.2) is 4.39 Å². The van der Waals surface area contributed by atoms with Crippen molar-refractivity contribution in [2.75, 3.05) is 33.4 Å². The topological polar surface area (TPSA) is 45.7 Å². The van der Waals surface area contributed by atoms with E-state index in [4.69, 9.17) is 4.74 Å². The van der Waals surface area contributed by atoms with Crippen LogP contribution in [0.25, 0.3) is 0 Å². The van der Waals surface area contributed by atoms with Crippen molar-refractivity contribution in [2.45, 2.75) is 24.7 Å². The summed E-state index contributed by atoms with van der Waals surface area (Å²) < 4.78 is 18.6. The second-order valence-electron chi connectivity index (χ2n) is 6.99. The third-order valence-electron chi connectivity index (χ3n) is 5.27. The Hall–Kier alpha value is -1.67. The lowest BCUT2D eigenvalue weighted by atomic mass is 9.74. The summed E-state index contributed by atoms with van der Waals surface area (Å²) in [6.07, 6.45) is 2.81. The summed E-state index contributed by atoms with van der Waals surface area (Å²) in [6.45, 7) is 3.13. The minimum atomic E-state index is -0.202. The van der Waals surface area contributed by atoms with E-state index in [1.165, 1.54) is 17.7 Å². The Kier molecular flexibility index (Phi) is 9.18. The van der Waals surface area contributed by atoms with E-state index in [0.29, 0.717) is 0 Å². The van der Waals surface area contributed by atoms with E-state index in [2.05, 4.69) is 46.0 Å². The molecule has 1 saturated heterocycles. The Morgan fingerprint density at radius 2 is 1.71 bits per heavy atom. The Balaban J connectivity index is 0.00000280. The quantitative estimate of drug-likeness (QED) is 0.362. The summed E-state index contributed by atoms with van der Waals surface area (Å²) in [4.78, 5) is 4.35. The van der Waals surface area contributed by atoms with E-state index in [1.54, 1.807) is 7.05 Å². The summed E-state index contributed by atoms with van der Waals surface area (Å²) in [5.74, 6) is 0.589. The van der Waals surface area contributed by atoms with Gasteiger partial charge in [0.1, 0.15) is 5.82 Å². The molecule has 0 spiro atoms. The molecule has 0 unspecified atom stereocenters. The number of nitrogens with zero attached hydrogens (tertiary/aromatic N) is 1. The van der Waals surface area contributed by atoms with Gasteiger partial charge in [-0.05, 0) is 42.5 Å². The van der Waals surface area contributed by atoms with Gasteiger partial charge in [0, 0.05) is 38.8 Å². The number of guanidine groups is 1. The molecule has 2 aromatic carbocycles. The van der Waals surface area contributed by atoms with Crippen LogP contribution in [0.1, 0.15) is 24.0 Å². The number of aliphatic imine (C=N–C) groups is 1. The molecule has 0 atom stereocenters. The monoisotopic (exact) mass is 497 g/mol. The van der Waals surface area contributed by atoms with Gasteiger partial charge in [0.25, 0.3) is 0 Å². The molecular weight excluding hydrogens is 468 g/mol. The second-order valence-corrected chi connectivity index (χ2v) is 6.99. The Bertz CT molecular complexity index is 731. The molecule has 3 rings (SSSR count). The number of halogens is 2. The largest absolute Gasteiger partial charge is 0.381 e. The fraction of sp³-hybridized carbons (Fsp3) is 0.409. The van der Waals surface area contributed by atoms with E-state index in [0.717, 1.165) is 57.1 Å². The summed E-state index contributed by atoms with van der Waals surface area (Å²) in [6, 6.07) is 17.3. The lowest BCUT2D eigenvalue weighted by molar-refractivity contribution is 0.0514. The van der Waals surface area contributed by atoms with Crippen molar-refractivity contribution in [3.63, 3.8) is 0 Å². The summed E-state index contributed by atoms with van der Waals surface area (Å²) in [5.41, 5.74) is 2.51. The lowest BCUT2D eigenvalue weighted by Crippen LogP contribution is -2.48. The average Bonchev–Trinajstić information content (AvgIpc) is 2.73. The first-order chi connectivity index (χ1) is 13.2. The predicted octanol–water partition coefficient (Wildman–Crippen LogP) is 3.90. The van der Waals surface area contributed by atoms with E-state index in [-0.39, 0.29) is 35.2 Å². The van der Waals surface area contributed by atoms with Crippen LogP contribution < -0.4 is 10.6 Å². The van der Waals surface area contributed by atoms with Crippen LogP contribution >= 0.6 is 24.0 Å². The maximum Gasteiger partial charge on any atom is 0.191 e. The smallest absolute Gasteiger partial charge is 0.191 e. The third kappa shape index (κ3) is 6.17. The third-order valence-corrected chi connectivity index (χ3v) is 5.27. The summed E-state index contributed by atoms with van der Waals surface area (Å²) in [5, 5.41) is 6.85. The van der Waals surface area contributed by atoms with Crippen LogP contribution in [0, 0.1) is 5.82 Å². The highest BCUT2D eigenvalue weighted by molar-refractivity contribution is 14.0.